The Bertz CT molecular complexity index is 754. The van der Waals surface area contributed by atoms with Gasteiger partial charge in [0.05, 0.1) is 5.69 Å². The number of hydrogen-bond donors (Lipinski definition) is 0. The fourth-order valence-corrected chi connectivity index (χ4v) is 3.46. The van der Waals surface area contributed by atoms with E-state index in [0.717, 1.165) is 54.7 Å². The summed E-state index contributed by atoms with van der Waals surface area (Å²) < 4.78 is 0. The van der Waals surface area contributed by atoms with Crippen molar-refractivity contribution in [1.29, 1.82) is 0 Å². The number of aromatic nitrogens is 4. The molecule has 0 aromatic carbocycles. The van der Waals surface area contributed by atoms with E-state index < -0.39 is 0 Å². The minimum atomic E-state index is 0.313. The van der Waals surface area contributed by atoms with E-state index in [1.165, 1.54) is 11.3 Å². The normalized spacial score (nSPS) is 14.5. The Hall–Kier alpha value is -1.69. The first-order valence-electron chi connectivity index (χ1n) is 8.82. The van der Waals surface area contributed by atoms with Crippen LogP contribution in [0.5, 0.6) is 0 Å². The van der Waals surface area contributed by atoms with Crippen LogP contribution in [-0.2, 0) is 19.4 Å². The standard InChI is InChI=1S/C19H27N5S/c1-13-10-21-18(23-17(13)25-5)24-9-7-15-14(12-24)11-20-16(22-15)6-8-19(2,3)4/h10-11H,6-9,12H2,1-5H3. The topological polar surface area (TPSA) is 54.8 Å². The van der Waals surface area contributed by atoms with E-state index in [2.05, 4.69) is 41.9 Å². The van der Waals surface area contributed by atoms with Gasteiger partial charge in [-0.05, 0) is 30.6 Å². The molecule has 0 fully saturated rings. The molecule has 0 bridgehead atoms. The van der Waals surface area contributed by atoms with Gasteiger partial charge in [0.15, 0.2) is 0 Å². The molecular formula is C19H27N5S. The van der Waals surface area contributed by atoms with Crippen LogP contribution in [0.3, 0.4) is 0 Å². The molecule has 0 saturated carbocycles. The first-order chi connectivity index (χ1) is 11.9. The number of anilines is 1. The van der Waals surface area contributed by atoms with Crippen molar-refractivity contribution < 1.29 is 0 Å². The number of nitrogens with zero attached hydrogens (tertiary/aromatic N) is 5. The lowest BCUT2D eigenvalue weighted by atomic mass is 9.90. The van der Waals surface area contributed by atoms with E-state index in [0.29, 0.717) is 5.41 Å². The first kappa shape index (κ1) is 18.1. The van der Waals surface area contributed by atoms with Gasteiger partial charge in [0.2, 0.25) is 5.95 Å². The highest BCUT2D eigenvalue weighted by Crippen LogP contribution is 2.25. The Morgan fingerprint density at radius 3 is 2.68 bits per heavy atom. The molecule has 0 unspecified atom stereocenters. The van der Waals surface area contributed by atoms with E-state index in [4.69, 9.17) is 9.97 Å². The van der Waals surface area contributed by atoms with Gasteiger partial charge < -0.3 is 4.90 Å². The number of fused-ring (bicyclic) bond motifs is 1. The molecule has 0 amide bonds. The Morgan fingerprint density at radius 1 is 1.16 bits per heavy atom. The van der Waals surface area contributed by atoms with Crippen molar-refractivity contribution in [2.24, 2.45) is 5.41 Å². The van der Waals surface area contributed by atoms with E-state index in [9.17, 15) is 0 Å². The average Bonchev–Trinajstić information content (AvgIpc) is 2.59. The van der Waals surface area contributed by atoms with E-state index in [1.54, 1.807) is 11.8 Å². The summed E-state index contributed by atoms with van der Waals surface area (Å²) in [5.41, 5.74) is 3.82. The molecular weight excluding hydrogens is 330 g/mol. The Labute approximate surface area is 154 Å². The zero-order valence-electron chi connectivity index (χ0n) is 15.8. The molecule has 0 radical (unpaired) electrons. The van der Waals surface area contributed by atoms with Crippen LogP contribution < -0.4 is 4.90 Å². The molecule has 2 aromatic heterocycles. The molecule has 0 N–H and O–H groups in total. The summed E-state index contributed by atoms with van der Waals surface area (Å²) in [7, 11) is 0. The van der Waals surface area contributed by atoms with Crippen LogP contribution in [0.4, 0.5) is 5.95 Å². The average molecular weight is 358 g/mol. The largest absolute Gasteiger partial charge is 0.336 e. The molecule has 6 heteroatoms. The third-order valence-corrected chi connectivity index (χ3v) is 5.27. The van der Waals surface area contributed by atoms with Crippen LogP contribution in [0.25, 0.3) is 0 Å². The number of thioether (sulfide) groups is 1. The minimum absolute atomic E-state index is 0.313. The lowest BCUT2D eigenvalue weighted by molar-refractivity contribution is 0.374. The predicted octanol–water partition coefficient (Wildman–Crippen LogP) is 3.84. The molecule has 1 aliphatic rings. The molecule has 2 aromatic rings. The molecule has 0 aliphatic carbocycles. The van der Waals surface area contributed by atoms with Crippen LogP contribution in [0.2, 0.25) is 0 Å². The van der Waals surface area contributed by atoms with Gasteiger partial charge in [-0.1, -0.05) is 20.8 Å². The highest BCUT2D eigenvalue weighted by atomic mass is 32.2. The lowest BCUT2D eigenvalue weighted by Crippen LogP contribution is -2.33. The lowest BCUT2D eigenvalue weighted by Gasteiger charge is -2.28. The van der Waals surface area contributed by atoms with Gasteiger partial charge >= 0.3 is 0 Å². The van der Waals surface area contributed by atoms with Crippen LogP contribution >= 0.6 is 11.8 Å². The molecule has 1 aliphatic heterocycles. The summed E-state index contributed by atoms with van der Waals surface area (Å²) in [4.78, 5) is 20.8. The summed E-state index contributed by atoms with van der Waals surface area (Å²) in [5, 5.41) is 1.05. The summed E-state index contributed by atoms with van der Waals surface area (Å²) >= 11 is 1.67. The zero-order valence-corrected chi connectivity index (χ0v) is 16.7. The maximum absolute atomic E-state index is 4.81. The quantitative estimate of drug-likeness (QED) is 0.612. The van der Waals surface area contributed by atoms with Crippen molar-refractivity contribution in [3.63, 3.8) is 0 Å². The highest BCUT2D eigenvalue weighted by Gasteiger charge is 2.21. The SMILES string of the molecule is CSc1nc(N2CCc3nc(CCC(C)(C)C)ncc3C2)ncc1C. The smallest absolute Gasteiger partial charge is 0.226 e. The second kappa shape index (κ2) is 7.28. The molecule has 3 rings (SSSR count). The van der Waals surface area contributed by atoms with Crippen molar-refractivity contribution in [1.82, 2.24) is 19.9 Å². The third-order valence-electron chi connectivity index (χ3n) is 4.47. The van der Waals surface area contributed by atoms with Gasteiger partial charge in [-0.25, -0.2) is 19.9 Å². The molecule has 25 heavy (non-hydrogen) atoms. The number of hydrogen-bond acceptors (Lipinski definition) is 6. The van der Waals surface area contributed by atoms with E-state index in [1.807, 2.05) is 19.3 Å². The fraction of sp³-hybridized carbons (Fsp3) is 0.579. The van der Waals surface area contributed by atoms with Crippen molar-refractivity contribution >= 4 is 17.7 Å². The molecule has 134 valence electrons. The van der Waals surface area contributed by atoms with Crippen LogP contribution in [0.15, 0.2) is 17.4 Å². The summed E-state index contributed by atoms with van der Waals surface area (Å²) in [5.74, 6) is 1.77. The monoisotopic (exact) mass is 357 g/mol. The fourth-order valence-electron chi connectivity index (χ4n) is 2.91. The maximum atomic E-state index is 4.81. The maximum Gasteiger partial charge on any atom is 0.226 e. The third kappa shape index (κ3) is 4.48. The summed E-state index contributed by atoms with van der Waals surface area (Å²) in [6.07, 6.45) is 8.93. The first-order valence-corrected chi connectivity index (χ1v) is 10.0. The molecule has 0 spiro atoms. The van der Waals surface area contributed by atoms with Gasteiger partial charge in [-0.3, -0.25) is 0 Å². The molecule has 0 saturated heterocycles. The second-order valence-electron chi connectivity index (χ2n) is 7.85. The van der Waals surface area contributed by atoms with Crippen molar-refractivity contribution in [3.8, 4) is 0 Å². The summed E-state index contributed by atoms with van der Waals surface area (Å²) in [6, 6.07) is 0. The van der Waals surface area contributed by atoms with E-state index in [-0.39, 0.29) is 0 Å². The van der Waals surface area contributed by atoms with Gasteiger partial charge in [-0.15, -0.1) is 11.8 Å². The molecule has 5 nitrogen and oxygen atoms in total. The van der Waals surface area contributed by atoms with Crippen molar-refractivity contribution in [2.75, 3.05) is 17.7 Å². The Balaban J connectivity index is 1.74. The molecule has 3 heterocycles. The van der Waals surface area contributed by atoms with Gasteiger partial charge in [-0.2, -0.15) is 0 Å². The minimum Gasteiger partial charge on any atom is -0.336 e. The number of rotatable bonds is 4. The van der Waals surface area contributed by atoms with Gasteiger partial charge in [0.25, 0.3) is 0 Å². The van der Waals surface area contributed by atoms with Crippen LogP contribution in [-0.4, -0.2) is 32.7 Å². The van der Waals surface area contributed by atoms with Crippen molar-refractivity contribution in [2.45, 2.75) is 58.5 Å². The van der Waals surface area contributed by atoms with E-state index >= 15 is 0 Å². The van der Waals surface area contributed by atoms with Gasteiger partial charge in [0, 0.05) is 43.9 Å². The van der Waals surface area contributed by atoms with Gasteiger partial charge in [0.1, 0.15) is 10.9 Å². The van der Waals surface area contributed by atoms with Crippen LogP contribution in [0, 0.1) is 12.3 Å². The second-order valence-corrected chi connectivity index (χ2v) is 8.65. The molecule has 0 atom stereocenters. The summed E-state index contributed by atoms with van der Waals surface area (Å²) in [6.45, 7) is 10.5. The van der Waals surface area contributed by atoms with Crippen LogP contribution in [0.1, 0.15) is 49.8 Å². The number of aryl methyl sites for hydroxylation is 2. The zero-order chi connectivity index (χ0) is 18.0. The predicted molar refractivity (Wildman–Crippen MR) is 103 cm³/mol. The Morgan fingerprint density at radius 2 is 1.96 bits per heavy atom. The highest BCUT2D eigenvalue weighted by molar-refractivity contribution is 7.98. The Kier molecular flexibility index (Phi) is 5.27. The van der Waals surface area contributed by atoms with Crippen molar-refractivity contribution in [3.05, 3.63) is 35.0 Å².